The summed E-state index contributed by atoms with van der Waals surface area (Å²) < 4.78 is 4.68. The number of nitrogens with zero attached hydrogens (tertiary/aromatic N) is 1. The monoisotopic (exact) mass is 415 g/mol. The first kappa shape index (κ1) is 27.1. The molecule has 6 heteroatoms. The molecule has 0 aromatic heterocycles. The first-order chi connectivity index (χ1) is 14.5. The van der Waals surface area contributed by atoms with Crippen molar-refractivity contribution in [3.8, 4) is 0 Å². The molecule has 30 heavy (non-hydrogen) atoms. The summed E-state index contributed by atoms with van der Waals surface area (Å²) in [4.78, 5) is 24.3. The van der Waals surface area contributed by atoms with Crippen LogP contribution in [0.2, 0.25) is 0 Å². The van der Waals surface area contributed by atoms with Crippen LogP contribution in [-0.4, -0.2) is 36.4 Å². The summed E-state index contributed by atoms with van der Waals surface area (Å²) in [5.41, 5.74) is 5.22. The van der Waals surface area contributed by atoms with Gasteiger partial charge in [0.25, 0.3) is 0 Å². The van der Waals surface area contributed by atoms with E-state index in [9.17, 15) is 9.59 Å². The minimum absolute atomic E-state index is 0.184. The van der Waals surface area contributed by atoms with Crippen molar-refractivity contribution in [3.05, 3.63) is 60.8 Å². The van der Waals surface area contributed by atoms with Gasteiger partial charge in [0.2, 0.25) is 0 Å². The molecule has 0 aliphatic carbocycles. The number of nitrogens with two attached hydrogens (primary N) is 1. The zero-order valence-corrected chi connectivity index (χ0v) is 18.4. The molecule has 0 radical (unpaired) electrons. The number of ether oxygens (including phenoxy) is 1. The van der Waals surface area contributed by atoms with Gasteiger partial charge in [0.15, 0.2) is 5.96 Å². The Morgan fingerprint density at radius 3 is 1.77 bits per heavy atom. The van der Waals surface area contributed by atoms with Gasteiger partial charge in [-0.2, -0.15) is 0 Å². The molecular formula is C24H37N3O3. The van der Waals surface area contributed by atoms with Crippen LogP contribution in [0.5, 0.6) is 0 Å². The maximum absolute atomic E-state index is 11.6. The van der Waals surface area contributed by atoms with E-state index in [2.05, 4.69) is 66.3 Å². The van der Waals surface area contributed by atoms with Gasteiger partial charge in [0.1, 0.15) is 6.54 Å². The van der Waals surface area contributed by atoms with Crippen LogP contribution in [0.25, 0.3) is 0 Å². The fourth-order valence-corrected chi connectivity index (χ4v) is 2.22. The molecule has 0 aromatic carbocycles. The van der Waals surface area contributed by atoms with E-state index in [1.54, 1.807) is 0 Å². The molecule has 0 fully saturated rings. The van der Waals surface area contributed by atoms with Crippen LogP contribution in [0, 0.1) is 5.41 Å². The SMILES string of the molecule is CCC=CCC=CCC=CCC=CCC=CCCCC(=O)OC(=O)CN(C)C(=N)N. The first-order valence-corrected chi connectivity index (χ1v) is 10.5. The van der Waals surface area contributed by atoms with Crippen LogP contribution in [-0.2, 0) is 14.3 Å². The third kappa shape index (κ3) is 18.5. The molecular weight excluding hydrogens is 378 g/mol. The van der Waals surface area contributed by atoms with Crippen LogP contribution in [0.1, 0.15) is 58.3 Å². The lowest BCUT2D eigenvalue weighted by molar-refractivity contribution is -0.159. The lowest BCUT2D eigenvalue weighted by Gasteiger charge is -2.14. The molecule has 166 valence electrons. The van der Waals surface area contributed by atoms with E-state index in [1.807, 2.05) is 6.08 Å². The van der Waals surface area contributed by atoms with Crippen molar-refractivity contribution in [2.24, 2.45) is 5.73 Å². The van der Waals surface area contributed by atoms with Crippen molar-refractivity contribution in [1.29, 1.82) is 5.41 Å². The van der Waals surface area contributed by atoms with E-state index in [-0.39, 0.29) is 18.9 Å². The molecule has 0 unspecified atom stereocenters. The smallest absolute Gasteiger partial charge is 0.333 e. The molecule has 0 saturated carbocycles. The van der Waals surface area contributed by atoms with Crippen LogP contribution >= 0.6 is 0 Å². The van der Waals surface area contributed by atoms with Crippen molar-refractivity contribution in [2.45, 2.75) is 58.3 Å². The minimum Gasteiger partial charge on any atom is -0.392 e. The topological polar surface area (TPSA) is 96.5 Å². The maximum Gasteiger partial charge on any atom is 0.333 e. The highest BCUT2D eigenvalue weighted by atomic mass is 16.6. The Bertz CT molecular complexity index is 646. The van der Waals surface area contributed by atoms with Crippen molar-refractivity contribution in [2.75, 3.05) is 13.6 Å². The summed E-state index contributed by atoms with van der Waals surface area (Å²) >= 11 is 0. The van der Waals surface area contributed by atoms with E-state index in [0.717, 1.165) is 38.5 Å². The number of likely N-dealkylation sites (N-methyl/N-ethyl adjacent to an activating group) is 1. The third-order valence-electron chi connectivity index (χ3n) is 3.91. The molecule has 0 heterocycles. The Kier molecular flexibility index (Phi) is 17.6. The number of nitrogens with one attached hydrogen (secondary N) is 1. The number of rotatable bonds is 15. The summed E-state index contributed by atoms with van der Waals surface area (Å²) in [5, 5.41) is 7.15. The quantitative estimate of drug-likeness (QED) is 0.1000. The van der Waals surface area contributed by atoms with Gasteiger partial charge in [0.05, 0.1) is 0 Å². The van der Waals surface area contributed by atoms with Gasteiger partial charge in [-0.25, -0.2) is 4.79 Å². The standard InChI is InChI=1S/C24H37N3O3/c1-3-4-5-6-7-8-9-10-11-12-13-14-15-16-17-18-19-20-22(28)30-23(29)21-27(2)24(25)26/h4-5,7-8,10-11,13-14,16-17H,3,6,9,12,15,18-21H2,1-2H3,(H3,25,26). The second-order valence-corrected chi connectivity index (χ2v) is 6.69. The second kappa shape index (κ2) is 19.4. The molecule has 0 amide bonds. The summed E-state index contributed by atoms with van der Waals surface area (Å²) in [7, 11) is 1.48. The number of unbranched alkanes of at least 4 members (excludes halogenated alkanes) is 1. The Morgan fingerprint density at radius 1 is 0.833 bits per heavy atom. The number of carbonyl (C=O) groups excluding carboxylic acids is 2. The zero-order valence-electron chi connectivity index (χ0n) is 18.4. The van der Waals surface area contributed by atoms with Gasteiger partial charge in [-0.05, 0) is 44.9 Å². The number of carbonyl (C=O) groups is 2. The van der Waals surface area contributed by atoms with E-state index in [4.69, 9.17) is 11.1 Å². The van der Waals surface area contributed by atoms with Crippen LogP contribution in [0.15, 0.2) is 60.8 Å². The number of hydrogen-bond acceptors (Lipinski definition) is 4. The third-order valence-corrected chi connectivity index (χ3v) is 3.91. The molecule has 0 aliphatic rings. The van der Waals surface area contributed by atoms with Crippen molar-refractivity contribution >= 4 is 17.9 Å². The molecule has 0 aromatic rings. The van der Waals surface area contributed by atoms with Crippen molar-refractivity contribution < 1.29 is 14.3 Å². The number of esters is 2. The summed E-state index contributed by atoms with van der Waals surface area (Å²) in [5.74, 6) is -1.50. The average molecular weight is 416 g/mol. The summed E-state index contributed by atoms with van der Waals surface area (Å²) in [6, 6.07) is 0. The van der Waals surface area contributed by atoms with Crippen LogP contribution in [0.3, 0.4) is 0 Å². The number of hydrogen-bond donors (Lipinski definition) is 2. The Morgan fingerprint density at radius 2 is 1.30 bits per heavy atom. The summed E-state index contributed by atoms with van der Waals surface area (Å²) in [6.07, 6.45) is 27.8. The predicted octanol–water partition coefficient (Wildman–Crippen LogP) is 4.80. The lowest BCUT2D eigenvalue weighted by atomic mass is 10.2. The van der Waals surface area contributed by atoms with Gasteiger partial charge in [-0.15, -0.1) is 0 Å². The molecule has 0 aliphatic heterocycles. The Labute approximate surface area is 181 Å². The van der Waals surface area contributed by atoms with Crippen LogP contribution < -0.4 is 5.73 Å². The predicted molar refractivity (Wildman–Crippen MR) is 124 cm³/mol. The largest absolute Gasteiger partial charge is 0.392 e. The van der Waals surface area contributed by atoms with Gasteiger partial charge >= 0.3 is 11.9 Å². The molecule has 0 rings (SSSR count). The second-order valence-electron chi connectivity index (χ2n) is 6.69. The zero-order chi connectivity index (χ0) is 22.5. The van der Waals surface area contributed by atoms with Gasteiger partial charge in [0, 0.05) is 13.5 Å². The number of guanidine groups is 1. The molecule has 0 bridgehead atoms. The van der Waals surface area contributed by atoms with Gasteiger partial charge in [-0.1, -0.05) is 67.7 Å². The van der Waals surface area contributed by atoms with E-state index < -0.39 is 11.9 Å². The minimum atomic E-state index is -0.701. The maximum atomic E-state index is 11.6. The highest BCUT2D eigenvalue weighted by Gasteiger charge is 2.13. The fourth-order valence-electron chi connectivity index (χ4n) is 2.22. The Hall–Kier alpha value is -2.89. The highest BCUT2D eigenvalue weighted by molar-refractivity contribution is 5.88. The van der Waals surface area contributed by atoms with Crippen molar-refractivity contribution in [3.63, 3.8) is 0 Å². The molecule has 6 nitrogen and oxygen atoms in total. The van der Waals surface area contributed by atoms with Crippen molar-refractivity contribution in [1.82, 2.24) is 4.90 Å². The highest BCUT2D eigenvalue weighted by Crippen LogP contribution is 2.01. The van der Waals surface area contributed by atoms with Crippen LogP contribution in [0.4, 0.5) is 0 Å². The fraction of sp³-hybridized carbons (Fsp3) is 0.458. The molecule has 3 N–H and O–H groups in total. The molecule has 0 saturated heterocycles. The molecule has 0 spiro atoms. The Balaban J connectivity index is 3.69. The van der Waals surface area contributed by atoms with E-state index in [0.29, 0.717) is 6.42 Å². The van der Waals surface area contributed by atoms with E-state index in [1.165, 1.54) is 11.9 Å². The summed E-state index contributed by atoms with van der Waals surface area (Å²) in [6.45, 7) is 1.92. The average Bonchev–Trinajstić information content (AvgIpc) is 2.70. The van der Waals surface area contributed by atoms with Gasteiger partial charge < -0.3 is 15.4 Å². The van der Waals surface area contributed by atoms with Gasteiger partial charge in [-0.3, -0.25) is 10.2 Å². The normalized spacial score (nSPS) is 12.1. The lowest BCUT2D eigenvalue weighted by Crippen LogP contribution is -2.37. The molecule has 0 atom stereocenters. The first-order valence-electron chi connectivity index (χ1n) is 10.5. The van der Waals surface area contributed by atoms with E-state index >= 15 is 0 Å². The number of allylic oxidation sites excluding steroid dienone is 10.